The molecule has 1 aromatic carbocycles. The number of aromatic nitrogens is 1. The normalized spacial score (nSPS) is 15.2. The van der Waals surface area contributed by atoms with Gasteiger partial charge in [-0.25, -0.2) is 4.98 Å². The Morgan fingerprint density at radius 3 is 2.52 bits per heavy atom. The van der Waals surface area contributed by atoms with Crippen LogP contribution in [0.1, 0.15) is 24.0 Å². The number of rotatable bonds is 5. The first-order chi connectivity index (χ1) is 12.1. The quantitative estimate of drug-likeness (QED) is 0.612. The first kappa shape index (κ1) is 17.2. The largest absolute Gasteiger partial charge is 0.497 e. The molecule has 1 saturated heterocycles. The summed E-state index contributed by atoms with van der Waals surface area (Å²) in [5, 5.41) is 10.9. The Labute approximate surface area is 147 Å². The second kappa shape index (κ2) is 7.51. The number of aryl methyl sites for hydroxylation is 1. The van der Waals surface area contributed by atoms with Crippen LogP contribution in [0.25, 0.3) is 0 Å². The summed E-state index contributed by atoms with van der Waals surface area (Å²) in [5.74, 6) is 2.38. The van der Waals surface area contributed by atoms with Gasteiger partial charge >= 0.3 is 0 Å². The zero-order valence-electron chi connectivity index (χ0n) is 14.6. The van der Waals surface area contributed by atoms with Crippen LogP contribution in [0.2, 0.25) is 0 Å². The van der Waals surface area contributed by atoms with Crippen LogP contribution in [-0.4, -0.2) is 30.1 Å². The van der Waals surface area contributed by atoms with Crippen molar-refractivity contribution in [3.8, 4) is 5.75 Å². The Balaban J connectivity index is 1.58. The highest BCUT2D eigenvalue weighted by Crippen LogP contribution is 2.27. The summed E-state index contributed by atoms with van der Waals surface area (Å²) in [6.45, 7) is 3.63. The average molecular weight is 341 g/mol. The van der Waals surface area contributed by atoms with Gasteiger partial charge in [0.15, 0.2) is 0 Å². The van der Waals surface area contributed by atoms with Crippen molar-refractivity contribution in [1.82, 2.24) is 4.98 Å². The summed E-state index contributed by atoms with van der Waals surface area (Å²) in [4.78, 5) is 17.0. The lowest BCUT2D eigenvalue weighted by Crippen LogP contribution is -2.34. The van der Waals surface area contributed by atoms with Gasteiger partial charge in [-0.2, -0.15) is 0 Å². The van der Waals surface area contributed by atoms with Gasteiger partial charge in [-0.15, -0.1) is 0 Å². The van der Waals surface area contributed by atoms with E-state index in [-0.39, 0.29) is 10.6 Å². The molecule has 0 N–H and O–H groups in total. The molecule has 0 aliphatic carbocycles. The van der Waals surface area contributed by atoms with Crippen molar-refractivity contribution in [1.29, 1.82) is 0 Å². The SMILES string of the molecule is COc1ccc(CC2CCN(c3cc(C)c([N+](=O)[O-])cn3)CC2)cc1. The molecule has 1 aromatic heterocycles. The van der Waals surface area contributed by atoms with E-state index in [0.717, 1.165) is 43.9 Å². The van der Waals surface area contributed by atoms with Crippen LogP contribution in [-0.2, 0) is 6.42 Å². The molecule has 1 aliphatic rings. The van der Waals surface area contributed by atoms with E-state index in [9.17, 15) is 10.1 Å². The highest BCUT2D eigenvalue weighted by molar-refractivity contribution is 5.48. The molecule has 0 saturated carbocycles. The third kappa shape index (κ3) is 4.07. The highest BCUT2D eigenvalue weighted by Gasteiger charge is 2.22. The number of nitro groups is 1. The minimum Gasteiger partial charge on any atom is -0.497 e. The molecule has 0 atom stereocenters. The zero-order chi connectivity index (χ0) is 17.8. The van der Waals surface area contributed by atoms with Crippen molar-refractivity contribution in [2.75, 3.05) is 25.1 Å². The van der Waals surface area contributed by atoms with Crippen molar-refractivity contribution in [3.63, 3.8) is 0 Å². The number of benzene rings is 1. The molecule has 6 nitrogen and oxygen atoms in total. The predicted octanol–water partition coefficient (Wildman–Crippen LogP) is 3.77. The molecular formula is C19H23N3O3. The fourth-order valence-electron chi connectivity index (χ4n) is 3.36. The number of nitrogens with zero attached hydrogens (tertiary/aromatic N) is 3. The summed E-state index contributed by atoms with van der Waals surface area (Å²) >= 11 is 0. The van der Waals surface area contributed by atoms with Crippen LogP contribution in [0.5, 0.6) is 5.75 Å². The molecular weight excluding hydrogens is 318 g/mol. The molecule has 1 aliphatic heterocycles. The lowest BCUT2D eigenvalue weighted by Gasteiger charge is -2.33. The Morgan fingerprint density at radius 2 is 1.96 bits per heavy atom. The molecule has 132 valence electrons. The van der Waals surface area contributed by atoms with E-state index in [4.69, 9.17) is 4.74 Å². The molecule has 0 unspecified atom stereocenters. The molecule has 3 rings (SSSR count). The number of methoxy groups -OCH3 is 1. The van der Waals surface area contributed by atoms with Gasteiger partial charge in [0, 0.05) is 18.7 Å². The van der Waals surface area contributed by atoms with Crippen LogP contribution in [0.15, 0.2) is 36.5 Å². The number of hydrogen-bond acceptors (Lipinski definition) is 5. The number of piperidine rings is 1. The van der Waals surface area contributed by atoms with Crippen molar-refractivity contribution in [2.24, 2.45) is 5.92 Å². The smallest absolute Gasteiger partial charge is 0.290 e. The van der Waals surface area contributed by atoms with Crippen LogP contribution in [0.4, 0.5) is 11.5 Å². The minimum absolute atomic E-state index is 0.0816. The van der Waals surface area contributed by atoms with E-state index in [2.05, 4.69) is 22.0 Å². The molecule has 1 fully saturated rings. The van der Waals surface area contributed by atoms with Crippen molar-refractivity contribution >= 4 is 11.5 Å². The number of ether oxygens (including phenoxy) is 1. The fourth-order valence-corrected chi connectivity index (χ4v) is 3.36. The molecule has 25 heavy (non-hydrogen) atoms. The van der Waals surface area contributed by atoms with Gasteiger partial charge in [-0.05, 0) is 55.9 Å². The number of pyridine rings is 1. The lowest BCUT2D eigenvalue weighted by molar-refractivity contribution is -0.385. The average Bonchev–Trinajstić information content (AvgIpc) is 2.62. The van der Waals surface area contributed by atoms with Gasteiger partial charge < -0.3 is 9.64 Å². The summed E-state index contributed by atoms with van der Waals surface area (Å²) in [6.07, 6.45) is 4.64. The summed E-state index contributed by atoms with van der Waals surface area (Å²) < 4.78 is 5.20. The fraction of sp³-hybridized carbons (Fsp3) is 0.421. The van der Waals surface area contributed by atoms with E-state index in [1.807, 2.05) is 18.2 Å². The molecule has 0 spiro atoms. The van der Waals surface area contributed by atoms with Crippen LogP contribution in [0, 0.1) is 23.0 Å². The second-order valence-electron chi connectivity index (χ2n) is 6.57. The number of anilines is 1. The van der Waals surface area contributed by atoms with Gasteiger partial charge in [0.05, 0.1) is 12.0 Å². The molecule has 0 amide bonds. The Bertz CT molecular complexity index is 738. The topological polar surface area (TPSA) is 68.5 Å². The van der Waals surface area contributed by atoms with E-state index < -0.39 is 0 Å². The lowest BCUT2D eigenvalue weighted by atomic mass is 9.90. The van der Waals surface area contributed by atoms with Gasteiger partial charge in [0.2, 0.25) is 0 Å². The minimum atomic E-state index is -0.382. The monoisotopic (exact) mass is 341 g/mol. The van der Waals surface area contributed by atoms with Crippen LogP contribution >= 0.6 is 0 Å². The van der Waals surface area contributed by atoms with E-state index >= 15 is 0 Å². The number of hydrogen-bond donors (Lipinski definition) is 0. The summed E-state index contributed by atoms with van der Waals surface area (Å²) in [7, 11) is 1.68. The van der Waals surface area contributed by atoms with Crippen LogP contribution < -0.4 is 9.64 Å². The van der Waals surface area contributed by atoms with Crippen molar-refractivity contribution in [3.05, 3.63) is 57.8 Å². The molecule has 2 heterocycles. The molecule has 2 aromatic rings. The third-order valence-corrected chi connectivity index (χ3v) is 4.89. The molecule has 0 radical (unpaired) electrons. The van der Waals surface area contributed by atoms with Gasteiger partial charge in [0.1, 0.15) is 17.8 Å². The first-order valence-corrected chi connectivity index (χ1v) is 8.55. The highest BCUT2D eigenvalue weighted by atomic mass is 16.6. The standard InChI is InChI=1S/C19H23N3O3/c1-14-11-19(20-13-18(14)22(23)24)21-9-7-16(8-10-21)12-15-3-5-17(25-2)6-4-15/h3-6,11,13,16H,7-10,12H2,1-2H3. The Kier molecular flexibility index (Phi) is 5.16. The van der Waals surface area contributed by atoms with Crippen molar-refractivity contribution in [2.45, 2.75) is 26.2 Å². The van der Waals surface area contributed by atoms with Gasteiger partial charge in [-0.1, -0.05) is 12.1 Å². The van der Waals surface area contributed by atoms with Gasteiger partial charge in [-0.3, -0.25) is 10.1 Å². The van der Waals surface area contributed by atoms with Crippen LogP contribution in [0.3, 0.4) is 0 Å². The van der Waals surface area contributed by atoms with Crippen molar-refractivity contribution < 1.29 is 9.66 Å². The summed E-state index contributed by atoms with van der Waals surface area (Å²) in [5.41, 5.74) is 2.08. The second-order valence-corrected chi connectivity index (χ2v) is 6.57. The van der Waals surface area contributed by atoms with Gasteiger partial charge in [0.25, 0.3) is 5.69 Å². The van der Waals surface area contributed by atoms with E-state index in [1.54, 1.807) is 14.0 Å². The first-order valence-electron chi connectivity index (χ1n) is 8.55. The molecule has 0 bridgehead atoms. The Hall–Kier alpha value is -2.63. The maximum Gasteiger partial charge on any atom is 0.290 e. The predicted molar refractivity (Wildman–Crippen MR) is 97.3 cm³/mol. The maximum atomic E-state index is 10.9. The molecule has 6 heteroatoms. The summed E-state index contributed by atoms with van der Waals surface area (Å²) in [6, 6.07) is 10.1. The Morgan fingerprint density at radius 1 is 1.28 bits per heavy atom. The third-order valence-electron chi connectivity index (χ3n) is 4.89. The van der Waals surface area contributed by atoms with E-state index in [0.29, 0.717) is 11.5 Å². The zero-order valence-corrected chi connectivity index (χ0v) is 14.6. The van der Waals surface area contributed by atoms with E-state index in [1.165, 1.54) is 11.8 Å². The maximum absolute atomic E-state index is 10.9.